The Morgan fingerprint density at radius 2 is 1.92 bits per heavy atom. The molecule has 2 aromatic rings. The van der Waals surface area contributed by atoms with E-state index < -0.39 is 0 Å². The minimum absolute atomic E-state index is 0.242. The number of hydrogen-bond acceptors (Lipinski definition) is 3. The van der Waals surface area contributed by atoms with Gasteiger partial charge in [-0.25, -0.2) is 0 Å². The smallest absolute Gasteiger partial charge is 0.256 e. The molecular weight excluding hydrogens is 404 g/mol. The Hall–Kier alpha value is -1.56. The van der Waals surface area contributed by atoms with Gasteiger partial charge in [0.15, 0.2) is 0 Å². The van der Waals surface area contributed by atoms with Crippen molar-refractivity contribution in [1.29, 1.82) is 0 Å². The topological polar surface area (TPSA) is 41.6 Å². The Bertz CT molecular complexity index is 720. The number of amides is 1. The quantitative estimate of drug-likeness (QED) is 0.641. The van der Waals surface area contributed by atoms with Crippen LogP contribution in [0.25, 0.3) is 0 Å². The summed E-state index contributed by atoms with van der Waals surface area (Å²) in [5.41, 5.74) is 1.12. The van der Waals surface area contributed by atoms with E-state index in [-0.39, 0.29) is 5.91 Å². The average molecular weight is 426 g/mol. The van der Waals surface area contributed by atoms with Gasteiger partial charge < -0.3 is 15.0 Å². The van der Waals surface area contributed by atoms with Crippen LogP contribution in [-0.4, -0.2) is 37.0 Å². The highest BCUT2D eigenvalue weighted by Crippen LogP contribution is 2.27. The highest BCUT2D eigenvalue weighted by atomic mass is 79.9. The number of ether oxygens (including phenoxy) is 1. The van der Waals surface area contributed by atoms with Crippen LogP contribution in [-0.2, 0) is 0 Å². The molecule has 0 aliphatic heterocycles. The van der Waals surface area contributed by atoms with Gasteiger partial charge in [0.2, 0.25) is 0 Å². The van der Waals surface area contributed by atoms with E-state index in [2.05, 4.69) is 40.0 Å². The lowest BCUT2D eigenvalue weighted by atomic mass is 10.2. The molecule has 0 unspecified atom stereocenters. The van der Waals surface area contributed by atoms with Gasteiger partial charge >= 0.3 is 0 Å². The fourth-order valence-corrected chi connectivity index (χ4v) is 2.98. The summed E-state index contributed by atoms with van der Waals surface area (Å²) in [7, 11) is 0. The highest BCUT2D eigenvalue weighted by molar-refractivity contribution is 9.10. The lowest BCUT2D eigenvalue weighted by molar-refractivity contribution is 0.102. The van der Waals surface area contributed by atoms with E-state index in [1.54, 1.807) is 18.2 Å². The van der Waals surface area contributed by atoms with E-state index in [1.165, 1.54) is 0 Å². The second-order valence-corrected chi connectivity index (χ2v) is 6.74. The van der Waals surface area contributed by atoms with Gasteiger partial charge in [-0.2, -0.15) is 0 Å². The maximum absolute atomic E-state index is 12.6. The van der Waals surface area contributed by atoms with Crippen LogP contribution >= 0.6 is 27.5 Å². The van der Waals surface area contributed by atoms with E-state index >= 15 is 0 Å². The molecule has 1 amide bonds. The van der Waals surface area contributed by atoms with Gasteiger partial charge in [0.05, 0.1) is 11.3 Å². The molecule has 6 heteroatoms. The zero-order valence-electron chi connectivity index (χ0n) is 14.4. The fourth-order valence-electron chi connectivity index (χ4n) is 2.38. The Kier molecular flexibility index (Phi) is 7.75. The molecule has 0 radical (unpaired) electrons. The average Bonchev–Trinajstić information content (AvgIpc) is 2.62. The van der Waals surface area contributed by atoms with E-state index in [4.69, 9.17) is 16.3 Å². The molecule has 2 rings (SSSR count). The van der Waals surface area contributed by atoms with Crippen LogP contribution in [0.5, 0.6) is 5.75 Å². The molecule has 0 atom stereocenters. The molecule has 0 saturated heterocycles. The lowest BCUT2D eigenvalue weighted by Crippen LogP contribution is -2.28. The molecule has 2 aromatic carbocycles. The van der Waals surface area contributed by atoms with Crippen LogP contribution in [0, 0.1) is 0 Å². The SMILES string of the molecule is CCN(CC)CCOc1ccccc1NC(=O)c1cc(Cl)ccc1Br. The molecule has 25 heavy (non-hydrogen) atoms. The second-order valence-electron chi connectivity index (χ2n) is 5.45. The summed E-state index contributed by atoms with van der Waals surface area (Å²) >= 11 is 9.37. The fraction of sp³-hybridized carbons (Fsp3) is 0.316. The lowest BCUT2D eigenvalue weighted by Gasteiger charge is -2.19. The highest BCUT2D eigenvalue weighted by Gasteiger charge is 2.13. The van der Waals surface area contributed by atoms with Gasteiger partial charge in [-0.15, -0.1) is 0 Å². The summed E-state index contributed by atoms with van der Waals surface area (Å²) < 4.78 is 6.56. The second kappa shape index (κ2) is 9.80. The Morgan fingerprint density at radius 3 is 2.64 bits per heavy atom. The minimum atomic E-state index is -0.242. The first-order valence-corrected chi connectivity index (χ1v) is 9.42. The van der Waals surface area contributed by atoms with Crippen molar-refractivity contribution in [2.45, 2.75) is 13.8 Å². The summed E-state index contributed by atoms with van der Waals surface area (Å²) in [4.78, 5) is 14.8. The van der Waals surface area contributed by atoms with Crippen molar-refractivity contribution in [3.63, 3.8) is 0 Å². The van der Waals surface area contributed by atoms with E-state index in [1.807, 2.05) is 24.3 Å². The van der Waals surface area contributed by atoms with Gasteiger partial charge in [-0.05, 0) is 59.4 Å². The molecule has 0 heterocycles. The third kappa shape index (κ3) is 5.73. The Balaban J connectivity index is 2.07. The number of para-hydroxylation sites is 2. The Morgan fingerprint density at radius 1 is 1.20 bits per heavy atom. The molecule has 134 valence electrons. The number of hydrogen-bond donors (Lipinski definition) is 1. The van der Waals surface area contributed by atoms with Crippen molar-refractivity contribution in [3.8, 4) is 5.75 Å². The first-order chi connectivity index (χ1) is 12.0. The molecule has 4 nitrogen and oxygen atoms in total. The number of halogens is 2. The van der Waals surface area contributed by atoms with Gasteiger partial charge in [-0.1, -0.05) is 37.6 Å². The molecule has 1 N–H and O–H groups in total. The number of rotatable bonds is 8. The normalized spacial score (nSPS) is 10.8. The minimum Gasteiger partial charge on any atom is -0.490 e. The summed E-state index contributed by atoms with van der Waals surface area (Å²) in [6.45, 7) is 7.63. The summed E-state index contributed by atoms with van der Waals surface area (Å²) in [5.74, 6) is 0.412. The maximum atomic E-state index is 12.6. The van der Waals surface area contributed by atoms with Crippen LogP contribution in [0.2, 0.25) is 5.02 Å². The predicted molar refractivity (Wildman–Crippen MR) is 107 cm³/mol. The van der Waals surface area contributed by atoms with Crippen molar-refractivity contribution in [2.75, 3.05) is 31.6 Å². The van der Waals surface area contributed by atoms with Crippen LogP contribution in [0.4, 0.5) is 5.69 Å². The van der Waals surface area contributed by atoms with Gasteiger partial charge in [0, 0.05) is 16.0 Å². The third-order valence-electron chi connectivity index (χ3n) is 3.87. The monoisotopic (exact) mass is 424 g/mol. The number of nitrogens with one attached hydrogen (secondary N) is 1. The largest absolute Gasteiger partial charge is 0.490 e. The van der Waals surface area contributed by atoms with E-state index in [0.29, 0.717) is 33.1 Å². The molecule has 0 spiro atoms. The number of carbonyl (C=O) groups is 1. The predicted octanol–water partition coefficient (Wildman–Crippen LogP) is 5.08. The molecular formula is C19H22BrClN2O2. The number of carbonyl (C=O) groups excluding carboxylic acids is 1. The molecule has 0 aliphatic rings. The number of nitrogens with zero attached hydrogens (tertiary/aromatic N) is 1. The van der Waals surface area contributed by atoms with Crippen LogP contribution in [0.15, 0.2) is 46.9 Å². The Labute approximate surface area is 162 Å². The van der Waals surface area contributed by atoms with Gasteiger partial charge in [-0.3, -0.25) is 4.79 Å². The number of benzene rings is 2. The van der Waals surface area contributed by atoms with Crippen molar-refractivity contribution < 1.29 is 9.53 Å². The number of likely N-dealkylation sites (N-methyl/N-ethyl adjacent to an activating group) is 1. The summed E-state index contributed by atoms with van der Waals surface area (Å²) in [6.07, 6.45) is 0. The zero-order chi connectivity index (χ0) is 18.2. The van der Waals surface area contributed by atoms with Crippen LogP contribution < -0.4 is 10.1 Å². The third-order valence-corrected chi connectivity index (χ3v) is 4.79. The van der Waals surface area contributed by atoms with Gasteiger partial charge in [0.1, 0.15) is 12.4 Å². The molecule has 0 bridgehead atoms. The summed E-state index contributed by atoms with van der Waals surface area (Å²) in [5, 5.41) is 3.41. The van der Waals surface area contributed by atoms with Gasteiger partial charge in [0.25, 0.3) is 5.91 Å². The van der Waals surface area contributed by atoms with E-state index in [9.17, 15) is 4.79 Å². The summed E-state index contributed by atoms with van der Waals surface area (Å²) in [6, 6.07) is 12.5. The van der Waals surface area contributed by atoms with Crippen LogP contribution in [0.1, 0.15) is 24.2 Å². The van der Waals surface area contributed by atoms with E-state index in [0.717, 1.165) is 19.6 Å². The van der Waals surface area contributed by atoms with Crippen molar-refractivity contribution >= 4 is 39.1 Å². The molecule has 0 saturated carbocycles. The zero-order valence-corrected chi connectivity index (χ0v) is 16.7. The van der Waals surface area contributed by atoms with Crippen molar-refractivity contribution in [1.82, 2.24) is 4.90 Å². The maximum Gasteiger partial charge on any atom is 0.256 e. The first kappa shape index (κ1) is 19.8. The first-order valence-electron chi connectivity index (χ1n) is 8.25. The molecule has 0 aromatic heterocycles. The standard InChI is InChI=1S/C19H22BrClN2O2/c1-3-23(4-2)11-12-25-18-8-6-5-7-17(18)22-19(24)15-13-14(21)9-10-16(15)20/h5-10,13H,3-4,11-12H2,1-2H3,(H,22,24). The van der Waals surface area contributed by atoms with Crippen molar-refractivity contribution in [2.24, 2.45) is 0 Å². The molecule has 0 aliphatic carbocycles. The number of anilines is 1. The van der Waals surface area contributed by atoms with Crippen molar-refractivity contribution in [3.05, 3.63) is 57.5 Å². The molecule has 0 fully saturated rings. The van der Waals surface area contributed by atoms with Crippen LogP contribution in [0.3, 0.4) is 0 Å².